The van der Waals surface area contributed by atoms with Crippen LogP contribution in [0.4, 0.5) is 5.69 Å². The maximum absolute atomic E-state index is 12.9. The molecule has 1 aliphatic rings. The van der Waals surface area contributed by atoms with Crippen LogP contribution in [-0.2, 0) is 0 Å². The summed E-state index contributed by atoms with van der Waals surface area (Å²) in [7, 11) is 1.53. The van der Waals surface area contributed by atoms with E-state index in [1.807, 2.05) is 44.6 Å². The van der Waals surface area contributed by atoms with Crippen molar-refractivity contribution in [2.45, 2.75) is 58.1 Å². The predicted molar refractivity (Wildman–Crippen MR) is 122 cm³/mol. The van der Waals surface area contributed by atoms with Gasteiger partial charge in [-0.25, -0.2) is 0 Å². The van der Waals surface area contributed by atoms with Gasteiger partial charge in [0.15, 0.2) is 5.69 Å². The number of amides is 1. The average Bonchev–Trinajstić information content (AvgIpc) is 3.06. The van der Waals surface area contributed by atoms with Gasteiger partial charge in [0.1, 0.15) is 5.75 Å². The zero-order valence-corrected chi connectivity index (χ0v) is 19.1. The van der Waals surface area contributed by atoms with Crippen LogP contribution in [0.5, 0.6) is 5.75 Å². The molecule has 0 spiro atoms. The van der Waals surface area contributed by atoms with Crippen LogP contribution < -0.4 is 14.8 Å². The van der Waals surface area contributed by atoms with E-state index in [1.54, 1.807) is 18.2 Å². The Morgan fingerprint density at radius 2 is 2.06 bits per heavy atom. The Balaban J connectivity index is 1.59. The molecule has 1 amide bonds. The third kappa shape index (κ3) is 4.02. The van der Waals surface area contributed by atoms with Crippen LogP contribution in [0.2, 0.25) is 0 Å². The Kier molecular flexibility index (Phi) is 5.58. The lowest BCUT2D eigenvalue weighted by atomic mass is 9.71. The topological polar surface area (TPSA) is 103 Å². The van der Waals surface area contributed by atoms with Crippen LogP contribution in [0.3, 0.4) is 0 Å². The second-order valence-corrected chi connectivity index (χ2v) is 9.44. The zero-order valence-electron chi connectivity index (χ0n) is 19.1. The molecule has 0 bridgehead atoms. The lowest BCUT2D eigenvalue weighted by molar-refractivity contribution is -0.617. The number of methoxy groups -OCH3 is 1. The van der Waals surface area contributed by atoms with E-state index in [2.05, 4.69) is 10.4 Å². The molecule has 1 aromatic carbocycles. The first-order chi connectivity index (χ1) is 15.1. The first kappa shape index (κ1) is 22.1. The molecule has 0 atom stereocenters. The fourth-order valence-corrected chi connectivity index (χ4v) is 4.20. The monoisotopic (exact) mass is 438 g/mol. The number of nitrogens with one attached hydrogen (secondary N) is 1. The van der Waals surface area contributed by atoms with Crippen LogP contribution in [-0.4, -0.2) is 33.5 Å². The van der Waals surface area contributed by atoms with E-state index >= 15 is 0 Å². The number of anilines is 1. The van der Waals surface area contributed by atoms with E-state index in [9.17, 15) is 15.1 Å². The smallest absolute Gasteiger partial charge is 0.321 e. The van der Waals surface area contributed by atoms with Crippen LogP contribution in [0.25, 0.3) is 10.9 Å². The third-order valence-corrected chi connectivity index (χ3v) is 6.38. The second kappa shape index (κ2) is 8.09. The quantitative estimate of drug-likeness (QED) is 0.450. The van der Waals surface area contributed by atoms with Crippen molar-refractivity contribution in [3.8, 4) is 5.75 Å². The van der Waals surface area contributed by atoms with E-state index in [-0.39, 0.29) is 23.6 Å². The number of aliphatic hydroxyl groups is 1. The van der Waals surface area contributed by atoms with Crippen LogP contribution in [0.1, 0.15) is 68.7 Å². The summed E-state index contributed by atoms with van der Waals surface area (Å²) in [4.78, 5) is 12.9. The standard InChI is InChI=1S/C24H30N4O4/c1-14(2)20-7-6-8-21(28(20)31)23(29)25-19-9-15-13-27(26-18(15)12-22(19)32-5)17-10-16(11-17)24(3,4)30/h6-9,12-14,16-17,30H,10-11H2,1-5H3,(H,25,29). The summed E-state index contributed by atoms with van der Waals surface area (Å²) in [5.41, 5.74) is 1.11. The molecule has 8 heteroatoms. The van der Waals surface area contributed by atoms with Gasteiger partial charge in [0.05, 0.1) is 30.0 Å². The molecule has 0 unspecified atom stereocenters. The van der Waals surface area contributed by atoms with Gasteiger partial charge in [0.25, 0.3) is 5.69 Å². The van der Waals surface area contributed by atoms with E-state index in [0.29, 0.717) is 21.9 Å². The number of carbonyl (C=O) groups is 1. The second-order valence-electron chi connectivity index (χ2n) is 9.44. The minimum Gasteiger partial charge on any atom is -0.618 e. The summed E-state index contributed by atoms with van der Waals surface area (Å²) in [6.45, 7) is 7.50. The number of fused-ring (bicyclic) bond motifs is 1. The van der Waals surface area contributed by atoms with Gasteiger partial charge in [-0.15, -0.1) is 0 Å². The number of aromatic nitrogens is 3. The van der Waals surface area contributed by atoms with Crippen molar-refractivity contribution >= 4 is 22.5 Å². The molecule has 1 aliphatic carbocycles. The molecule has 32 heavy (non-hydrogen) atoms. The van der Waals surface area contributed by atoms with Gasteiger partial charge < -0.3 is 20.4 Å². The SMILES string of the molecule is COc1cc2nn(C3CC(C(C)(C)O)C3)cc2cc1NC(=O)c1cccc(C(C)C)[n+]1[O-]. The molecular formula is C24H30N4O4. The van der Waals surface area contributed by atoms with Gasteiger partial charge in [-0.1, -0.05) is 13.8 Å². The van der Waals surface area contributed by atoms with Crippen LogP contribution >= 0.6 is 0 Å². The number of nitrogens with zero attached hydrogens (tertiary/aromatic N) is 3. The Hall–Kier alpha value is -3.13. The van der Waals surface area contributed by atoms with Gasteiger partial charge in [0, 0.05) is 35.7 Å². The Labute approximate surface area is 187 Å². The minimum absolute atomic E-state index is 0.000475. The Bertz CT molecular complexity index is 1160. The maximum Gasteiger partial charge on any atom is 0.321 e. The molecule has 2 aromatic heterocycles. The number of hydrogen-bond acceptors (Lipinski definition) is 5. The van der Waals surface area contributed by atoms with Crippen molar-refractivity contribution < 1.29 is 19.4 Å². The number of rotatable bonds is 6. The Morgan fingerprint density at radius 3 is 2.69 bits per heavy atom. The maximum atomic E-state index is 12.9. The number of ether oxygens (including phenoxy) is 1. The predicted octanol–water partition coefficient (Wildman–Crippen LogP) is 3.78. The number of hydrogen-bond donors (Lipinski definition) is 2. The van der Waals surface area contributed by atoms with Gasteiger partial charge in [-0.05, 0) is 44.7 Å². The van der Waals surface area contributed by atoms with Crippen molar-refractivity contribution in [2.75, 3.05) is 12.4 Å². The highest BCUT2D eigenvalue weighted by Crippen LogP contribution is 2.44. The zero-order chi connectivity index (χ0) is 23.2. The van der Waals surface area contributed by atoms with E-state index in [4.69, 9.17) is 4.74 Å². The minimum atomic E-state index is -0.685. The molecule has 8 nitrogen and oxygen atoms in total. The lowest BCUT2D eigenvalue weighted by Crippen LogP contribution is -2.41. The molecular weight excluding hydrogens is 408 g/mol. The van der Waals surface area contributed by atoms with Crippen molar-refractivity contribution in [1.29, 1.82) is 0 Å². The highest BCUT2D eigenvalue weighted by atomic mass is 16.5. The first-order valence-corrected chi connectivity index (χ1v) is 10.9. The summed E-state index contributed by atoms with van der Waals surface area (Å²) in [6.07, 6.45) is 3.69. The van der Waals surface area contributed by atoms with Crippen molar-refractivity contribution in [3.63, 3.8) is 0 Å². The third-order valence-electron chi connectivity index (χ3n) is 6.38. The fourth-order valence-electron chi connectivity index (χ4n) is 4.20. The van der Waals surface area contributed by atoms with Gasteiger partial charge in [0.2, 0.25) is 0 Å². The summed E-state index contributed by atoms with van der Waals surface area (Å²) in [5.74, 6) is 0.222. The first-order valence-electron chi connectivity index (χ1n) is 10.9. The summed E-state index contributed by atoms with van der Waals surface area (Å²) in [5, 5.41) is 31.1. The molecule has 170 valence electrons. The van der Waals surface area contributed by atoms with Crippen LogP contribution in [0.15, 0.2) is 36.5 Å². The molecule has 2 heterocycles. The molecule has 2 N–H and O–H groups in total. The molecule has 0 radical (unpaired) electrons. The summed E-state index contributed by atoms with van der Waals surface area (Å²) >= 11 is 0. The van der Waals surface area contributed by atoms with Crippen molar-refractivity contribution in [1.82, 2.24) is 9.78 Å². The molecule has 4 rings (SSSR count). The highest BCUT2D eigenvalue weighted by Gasteiger charge is 2.40. The summed E-state index contributed by atoms with van der Waals surface area (Å²) in [6, 6.07) is 8.77. The van der Waals surface area contributed by atoms with E-state index in [0.717, 1.165) is 23.7 Å². The molecule has 0 saturated heterocycles. The number of benzene rings is 1. The Morgan fingerprint density at radius 1 is 1.34 bits per heavy atom. The normalized spacial score (nSPS) is 18.6. The molecule has 3 aromatic rings. The average molecular weight is 439 g/mol. The van der Waals surface area contributed by atoms with E-state index in [1.165, 1.54) is 13.2 Å². The lowest BCUT2D eigenvalue weighted by Gasteiger charge is -2.42. The molecule has 1 fully saturated rings. The highest BCUT2D eigenvalue weighted by molar-refractivity contribution is 6.04. The van der Waals surface area contributed by atoms with E-state index < -0.39 is 11.5 Å². The summed E-state index contributed by atoms with van der Waals surface area (Å²) < 4.78 is 8.08. The van der Waals surface area contributed by atoms with Crippen molar-refractivity contribution in [2.24, 2.45) is 5.92 Å². The van der Waals surface area contributed by atoms with Gasteiger partial charge >= 0.3 is 5.91 Å². The van der Waals surface area contributed by atoms with Crippen LogP contribution in [0, 0.1) is 11.1 Å². The molecule has 1 saturated carbocycles. The number of pyridine rings is 1. The van der Waals surface area contributed by atoms with Gasteiger partial charge in [-0.3, -0.25) is 9.48 Å². The van der Waals surface area contributed by atoms with Gasteiger partial charge in [-0.2, -0.15) is 9.83 Å². The molecule has 0 aliphatic heterocycles. The fraction of sp³-hybridized carbons (Fsp3) is 0.458. The number of carbonyl (C=O) groups excluding carboxylic acids is 1. The largest absolute Gasteiger partial charge is 0.618 e. The van der Waals surface area contributed by atoms with Crippen molar-refractivity contribution in [3.05, 3.63) is 53.1 Å².